The average Bonchev–Trinajstić information content (AvgIpc) is 2.22. The van der Waals surface area contributed by atoms with Crippen LogP contribution >= 0.6 is 0 Å². The molecule has 0 atom stereocenters. The molecule has 0 aromatic carbocycles. The predicted octanol–water partition coefficient (Wildman–Crippen LogP) is -1.20. The minimum atomic E-state index is 0.268. The molecule has 0 saturated heterocycles. The van der Waals surface area contributed by atoms with E-state index in [1.165, 1.54) is 0 Å². The number of fused-ring (bicyclic) bond motifs is 1. The van der Waals surface area contributed by atoms with E-state index in [2.05, 4.69) is 15.0 Å². The molecule has 0 saturated carbocycles. The maximum absolute atomic E-state index is 7.07. The molecule has 1 aliphatic rings. The molecule has 4 heteroatoms. The molecule has 1 aromatic rings. The number of rotatable bonds is 0. The van der Waals surface area contributed by atoms with Gasteiger partial charge >= 0.3 is 0 Å². The highest BCUT2D eigenvalue weighted by Crippen LogP contribution is 1.77. The Bertz CT molecular complexity index is 326. The van der Waals surface area contributed by atoms with Crippen molar-refractivity contribution in [1.82, 2.24) is 9.97 Å². The molecule has 0 spiro atoms. The highest BCUT2D eigenvalue weighted by molar-refractivity contribution is 6.07. The van der Waals surface area contributed by atoms with Crippen LogP contribution in [-0.2, 0) is 0 Å². The second kappa shape index (κ2) is 1.28. The van der Waals surface area contributed by atoms with E-state index in [0.717, 1.165) is 5.35 Å². The van der Waals surface area contributed by atoms with Gasteiger partial charge in [0.1, 0.15) is 5.84 Å². The largest absolute Gasteiger partial charge is 0.343 e. The molecule has 0 amide bonds. The highest BCUT2D eigenvalue weighted by atomic mass is 15.0. The van der Waals surface area contributed by atoms with Gasteiger partial charge in [-0.25, -0.2) is 9.98 Å². The first-order valence-corrected chi connectivity index (χ1v) is 2.55. The Balaban J connectivity index is 3.01. The molecule has 2 N–H and O–H groups in total. The lowest BCUT2D eigenvalue weighted by Gasteiger charge is -1.72. The van der Waals surface area contributed by atoms with Crippen molar-refractivity contribution in [3.63, 3.8) is 0 Å². The Labute approximate surface area is 50.5 Å². The van der Waals surface area contributed by atoms with Crippen LogP contribution < -0.4 is 10.8 Å². The van der Waals surface area contributed by atoms with Gasteiger partial charge in [0.25, 0.3) is 0 Å². The van der Waals surface area contributed by atoms with Gasteiger partial charge in [-0.05, 0) is 0 Å². The quantitative estimate of drug-likeness (QED) is 0.443. The predicted molar refractivity (Wildman–Crippen MR) is 31.6 cm³/mol. The molecule has 0 bridgehead atoms. The second-order valence-corrected chi connectivity index (χ2v) is 1.78. The smallest absolute Gasteiger partial charge is 0.179 e. The topological polar surface area (TPSA) is 64.9 Å². The van der Waals surface area contributed by atoms with E-state index in [-0.39, 0.29) is 5.84 Å². The molecule has 2 rings (SSSR count). The minimum absolute atomic E-state index is 0.268. The van der Waals surface area contributed by atoms with Crippen LogP contribution in [0.4, 0.5) is 0 Å². The number of imidazole rings is 1. The maximum Gasteiger partial charge on any atom is 0.179 e. The minimum Gasteiger partial charge on any atom is -0.343 e. The summed E-state index contributed by atoms with van der Waals surface area (Å²) in [4.78, 5) is 10.5. The summed E-state index contributed by atoms with van der Waals surface area (Å²) < 4.78 is 0. The molecule has 1 aliphatic heterocycles. The Hall–Kier alpha value is -1.45. The summed E-state index contributed by atoms with van der Waals surface area (Å²) in [6.45, 7) is 0. The number of aromatic nitrogens is 2. The van der Waals surface area contributed by atoms with E-state index >= 15 is 0 Å². The number of nitrogens with one attached hydrogen (secondary N) is 2. The fourth-order valence-electron chi connectivity index (χ4n) is 0.775. The van der Waals surface area contributed by atoms with Gasteiger partial charge < -0.3 is 4.98 Å². The molecule has 0 unspecified atom stereocenters. The number of hydrogen-bond donors (Lipinski definition) is 2. The van der Waals surface area contributed by atoms with Crippen molar-refractivity contribution in [2.45, 2.75) is 0 Å². The first-order valence-electron chi connectivity index (χ1n) is 2.55. The summed E-state index contributed by atoms with van der Waals surface area (Å²) in [7, 11) is 0. The summed E-state index contributed by atoms with van der Waals surface area (Å²) >= 11 is 0. The van der Waals surface area contributed by atoms with Crippen molar-refractivity contribution >= 4 is 11.9 Å². The fourth-order valence-corrected chi connectivity index (χ4v) is 0.775. The lowest BCUT2D eigenvalue weighted by Crippen LogP contribution is -2.20. The lowest BCUT2D eigenvalue weighted by atomic mass is 10.5. The Kier molecular flexibility index (Phi) is 0.631. The van der Waals surface area contributed by atoms with Crippen LogP contribution in [-0.4, -0.2) is 15.8 Å². The fraction of sp³-hybridized carbons (Fsp3) is 0. The zero-order valence-corrected chi connectivity index (χ0v) is 4.55. The van der Waals surface area contributed by atoms with Gasteiger partial charge in [-0.3, -0.25) is 5.41 Å². The van der Waals surface area contributed by atoms with Crippen molar-refractivity contribution in [2.24, 2.45) is 4.99 Å². The van der Waals surface area contributed by atoms with Gasteiger partial charge in [-0.15, -0.1) is 0 Å². The Morgan fingerprint density at radius 3 is 3.22 bits per heavy atom. The van der Waals surface area contributed by atoms with Crippen molar-refractivity contribution in [2.75, 3.05) is 0 Å². The first kappa shape index (κ1) is 4.43. The van der Waals surface area contributed by atoms with Crippen LogP contribution in [0, 0.1) is 5.41 Å². The third-order valence-corrected chi connectivity index (χ3v) is 1.16. The van der Waals surface area contributed by atoms with E-state index in [9.17, 15) is 0 Å². The molecule has 9 heavy (non-hydrogen) atoms. The SMILES string of the molecule is N=C1C=c2[nH]cnc2=N1. The summed E-state index contributed by atoms with van der Waals surface area (Å²) in [5, 5.41) is 7.90. The van der Waals surface area contributed by atoms with Crippen molar-refractivity contribution in [3.05, 3.63) is 17.2 Å². The van der Waals surface area contributed by atoms with Crippen LogP contribution in [0.3, 0.4) is 0 Å². The number of nitrogens with zero attached hydrogens (tertiary/aromatic N) is 2. The van der Waals surface area contributed by atoms with Crippen molar-refractivity contribution in [3.8, 4) is 0 Å². The van der Waals surface area contributed by atoms with Crippen LogP contribution in [0.1, 0.15) is 0 Å². The van der Waals surface area contributed by atoms with Crippen LogP contribution in [0.2, 0.25) is 0 Å². The molecule has 1 aromatic heterocycles. The van der Waals surface area contributed by atoms with E-state index < -0.39 is 0 Å². The zero-order chi connectivity index (χ0) is 6.27. The number of aromatic amines is 1. The molecule has 4 nitrogen and oxygen atoms in total. The van der Waals surface area contributed by atoms with Gasteiger partial charge in [0.15, 0.2) is 5.49 Å². The molecular formula is C5H4N4. The van der Waals surface area contributed by atoms with Gasteiger partial charge in [-0.1, -0.05) is 0 Å². The summed E-state index contributed by atoms with van der Waals surface area (Å²) in [6.07, 6.45) is 3.21. The normalized spacial score (nSPS) is 14.4. The van der Waals surface area contributed by atoms with Crippen LogP contribution in [0.5, 0.6) is 0 Å². The van der Waals surface area contributed by atoms with Gasteiger partial charge in [0.05, 0.1) is 11.7 Å². The maximum atomic E-state index is 7.07. The monoisotopic (exact) mass is 120 g/mol. The number of amidine groups is 1. The first-order chi connectivity index (χ1) is 4.36. The van der Waals surface area contributed by atoms with Crippen LogP contribution in [0.25, 0.3) is 6.08 Å². The van der Waals surface area contributed by atoms with Gasteiger partial charge in [-0.2, -0.15) is 0 Å². The van der Waals surface area contributed by atoms with E-state index in [1.54, 1.807) is 12.4 Å². The van der Waals surface area contributed by atoms with E-state index in [4.69, 9.17) is 5.41 Å². The van der Waals surface area contributed by atoms with E-state index in [0.29, 0.717) is 5.49 Å². The molecule has 2 heterocycles. The molecular weight excluding hydrogens is 116 g/mol. The molecule has 0 fully saturated rings. The highest BCUT2D eigenvalue weighted by Gasteiger charge is 1.99. The van der Waals surface area contributed by atoms with Crippen LogP contribution in [0.15, 0.2) is 11.3 Å². The summed E-state index contributed by atoms with van der Waals surface area (Å²) in [6, 6.07) is 0. The standard InChI is InChI=1S/C5H4N4/c6-4-1-3-5(9-4)8-2-7-3/h1-2H,(H2,6,7,8,9). The Morgan fingerprint density at radius 1 is 1.56 bits per heavy atom. The van der Waals surface area contributed by atoms with Gasteiger partial charge in [0, 0.05) is 6.08 Å². The van der Waals surface area contributed by atoms with E-state index in [1.807, 2.05) is 0 Å². The van der Waals surface area contributed by atoms with Gasteiger partial charge in [0.2, 0.25) is 0 Å². The Morgan fingerprint density at radius 2 is 2.44 bits per heavy atom. The van der Waals surface area contributed by atoms with Crippen molar-refractivity contribution in [1.29, 1.82) is 5.41 Å². The second-order valence-electron chi connectivity index (χ2n) is 1.78. The summed E-state index contributed by atoms with van der Waals surface area (Å²) in [5.41, 5.74) is 0.625. The third-order valence-electron chi connectivity index (χ3n) is 1.16. The number of hydrogen-bond acceptors (Lipinski definition) is 2. The molecule has 44 valence electrons. The molecule has 0 aliphatic carbocycles. The number of H-pyrrole nitrogens is 1. The third kappa shape index (κ3) is 0.495. The van der Waals surface area contributed by atoms with Crippen molar-refractivity contribution < 1.29 is 0 Å². The summed E-state index contributed by atoms with van der Waals surface area (Å²) in [5.74, 6) is 0.268. The zero-order valence-electron chi connectivity index (χ0n) is 4.55. The average molecular weight is 120 g/mol. The lowest BCUT2D eigenvalue weighted by molar-refractivity contribution is 1.22. The molecule has 0 radical (unpaired) electrons.